The van der Waals surface area contributed by atoms with Gasteiger partial charge in [0, 0.05) is 38.4 Å². The Morgan fingerprint density at radius 3 is 2.48 bits per heavy atom. The van der Waals surface area contributed by atoms with Crippen LogP contribution in [0.4, 0.5) is 5.95 Å². The first-order valence-corrected chi connectivity index (χ1v) is 9.09. The van der Waals surface area contributed by atoms with Gasteiger partial charge in [-0.05, 0) is 30.4 Å². The summed E-state index contributed by atoms with van der Waals surface area (Å²) in [5, 5.41) is 7.94. The molecular formula is C19H24Cl2N6. The zero-order chi connectivity index (χ0) is 16.6. The van der Waals surface area contributed by atoms with E-state index < -0.39 is 0 Å². The van der Waals surface area contributed by atoms with Crippen molar-refractivity contribution in [3.8, 4) is 0 Å². The Kier molecular flexibility index (Phi) is 6.19. The normalized spacial score (nSPS) is 17.9. The first-order chi connectivity index (χ1) is 12.4. The van der Waals surface area contributed by atoms with Crippen molar-refractivity contribution < 1.29 is 0 Å². The molecule has 0 bridgehead atoms. The molecule has 0 saturated carbocycles. The SMILES string of the molecule is Cl.Cl.c1ccc2c(c1)CC(N1CCCN(c3ncc4cn[nH]c4n3)CC1)C2. The molecule has 1 saturated heterocycles. The molecule has 1 fully saturated rings. The van der Waals surface area contributed by atoms with Crippen LogP contribution in [-0.2, 0) is 12.8 Å². The number of rotatable bonds is 2. The Hall–Kier alpha value is -1.89. The van der Waals surface area contributed by atoms with Crippen molar-refractivity contribution in [1.29, 1.82) is 0 Å². The van der Waals surface area contributed by atoms with E-state index in [1.807, 2.05) is 6.20 Å². The molecule has 0 amide bonds. The third-order valence-electron chi connectivity index (χ3n) is 5.54. The summed E-state index contributed by atoms with van der Waals surface area (Å²) in [7, 11) is 0. The lowest BCUT2D eigenvalue weighted by Gasteiger charge is -2.27. The molecule has 6 nitrogen and oxygen atoms in total. The van der Waals surface area contributed by atoms with Gasteiger partial charge in [0.1, 0.15) is 0 Å². The van der Waals surface area contributed by atoms with Gasteiger partial charge in [0.05, 0.1) is 11.6 Å². The van der Waals surface area contributed by atoms with E-state index in [1.54, 1.807) is 6.20 Å². The van der Waals surface area contributed by atoms with Crippen LogP contribution in [0.25, 0.3) is 11.0 Å². The summed E-state index contributed by atoms with van der Waals surface area (Å²) < 4.78 is 0. The molecule has 0 spiro atoms. The molecule has 8 heteroatoms. The van der Waals surface area contributed by atoms with E-state index >= 15 is 0 Å². The van der Waals surface area contributed by atoms with Crippen LogP contribution in [0.3, 0.4) is 0 Å². The Morgan fingerprint density at radius 1 is 0.926 bits per heavy atom. The van der Waals surface area contributed by atoms with Gasteiger partial charge in [-0.2, -0.15) is 10.1 Å². The van der Waals surface area contributed by atoms with Gasteiger partial charge >= 0.3 is 0 Å². The van der Waals surface area contributed by atoms with Crippen LogP contribution in [0.2, 0.25) is 0 Å². The van der Waals surface area contributed by atoms with E-state index in [0.29, 0.717) is 6.04 Å². The fourth-order valence-corrected chi connectivity index (χ4v) is 4.18. The number of nitrogens with zero attached hydrogens (tertiary/aromatic N) is 5. The number of aromatic amines is 1. The van der Waals surface area contributed by atoms with E-state index in [0.717, 1.165) is 49.6 Å². The summed E-state index contributed by atoms with van der Waals surface area (Å²) in [6.45, 7) is 4.22. The highest BCUT2D eigenvalue weighted by molar-refractivity contribution is 5.85. The van der Waals surface area contributed by atoms with Crippen LogP contribution in [0.1, 0.15) is 17.5 Å². The van der Waals surface area contributed by atoms with Gasteiger partial charge in [-0.15, -0.1) is 24.8 Å². The third kappa shape index (κ3) is 3.88. The lowest BCUT2D eigenvalue weighted by Crippen LogP contribution is -2.39. The molecule has 1 aromatic carbocycles. The Balaban J connectivity index is 0.00000105. The highest BCUT2D eigenvalue weighted by Crippen LogP contribution is 2.26. The summed E-state index contributed by atoms with van der Waals surface area (Å²) in [6.07, 6.45) is 7.15. The number of benzene rings is 1. The van der Waals surface area contributed by atoms with Gasteiger partial charge < -0.3 is 4.90 Å². The Morgan fingerprint density at radius 2 is 1.70 bits per heavy atom. The third-order valence-corrected chi connectivity index (χ3v) is 5.54. The van der Waals surface area contributed by atoms with Gasteiger partial charge in [0.15, 0.2) is 5.65 Å². The zero-order valence-corrected chi connectivity index (χ0v) is 16.7. The second-order valence-electron chi connectivity index (χ2n) is 7.05. The van der Waals surface area contributed by atoms with Gasteiger partial charge in [0.2, 0.25) is 5.95 Å². The monoisotopic (exact) mass is 406 g/mol. The van der Waals surface area contributed by atoms with Crippen LogP contribution >= 0.6 is 24.8 Å². The van der Waals surface area contributed by atoms with E-state index in [2.05, 4.69) is 54.2 Å². The van der Waals surface area contributed by atoms with Crippen molar-refractivity contribution >= 4 is 41.8 Å². The summed E-state index contributed by atoms with van der Waals surface area (Å²) in [6, 6.07) is 9.54. The highest BCUT2D eigenvalue weighted by atomic mass is 35.5. The minimum atomic E-state index is 0. The minimum absolute atomic E-state index is 0. The van der Waals surface area contributed by atoms with Crippen LogP contribution < -0.4 is 4.90 Å². The topological polar surface area (TPSA) is 60.9 Å². The minimum Gasteiger partial charge on any atom is -0.339 e. The van der Waals surface area contributed by atoms with Crippen molar-refractivity contribution in [2.24, 2.45) is 0 Å². The molecule has 5 rings (SSSR count). The first-order valence-electron chi connectivity index (χ1n) is 9.09. The van der Waals surface area contributed by atoms with Crippen LogP contribution in [0.5, 0.6) is 0 Å². The van der Waals surface area contributed by atoms with Crippen LogP contribution in [-0.4, -0.2) is 57.3 Å². The van der Waals surface area contributed by atoms with Crippen molar-refractivity contribution in [2.45, 2.75) is 25.3 Å². The van der Waals surface area contributed by atoms with Crippen LogP contribution in [0, 0.1) is 0 Å². The number of halogens is 2. The molecule has 0 unspecified atom stereocenters. The fourth-order valence-electron chi connectivity index (χ4n) is 4.18. The summed E-state index contributed by atoms with van der Waals surface area (Å²) >= 11 is 0. The number of fused-ring (bicyclic) bond motifs is 2. The maximum Gasteiger partial charge on any atom is 0.227 e. The maximum absolute atomic E-state index is 4.63. The predicted molar refractivity (Wildman–Crippen MR) is 112 cm³/mol. The molecular weight excluding hydrogens is 383 g/mol. The van der Waals surface area contributed by atoms with Crippen molar-refractivity contribution in [3.05, 3.63) is 47.8 Å². The largest absolute Gasteiger partial charge is 0.339 e. The van der Waals surface area contributed by atoms with Crippen LogP contribution in [0.15, 0.2) is 36.7 Å². The number of H-pyrrole nitrogens is 1. The van der Waals surface area contributed by atoms with Crippen molar-refractivity contribution in [1.82, 2.24) is 25.1 Å². The molecule has 1 N–H and O–H groups in total. The van der Waals surface area contributed by atoms with Crippen molar-refractivity contribution in [2.75, 3.05) is 31.1 Å². The van der Waals surface area contributed by atoms with Crippen molar-refractivity contribution in [3.63, 3.8) is 0 Å². The Bertz CT molecular complexity index is 874. The quantitative estimate of drug-likeness (QED) is 0.708. The molecule has 144 valence electrons. The van der Waals surface area contributed by atoms with Gasteiger partial charge in [0.25, 0.3) is 0 Å². The summed E-state index contributed by atoms with van der Waals surface area (Å²) in [4.78, 5) is 14.1. The molecule has 1 aliphatic carbocycles. The average molecular weight is 407 g/mol. The first kappa shape index (κ1) is 19.9. The summed E-state index contributed by atoms with van der Waals surface area (Å²) in [5.41, 5.74) is 3.88. The summed E-state index contributed by atoms with van der Waals surface area (Å²) in [5.74, 6) is 0.813. The number of hydrogen-bond donors (Lipinski definition) is 1. The fraction of sp³-hybridized carbons (Fsp3) is 0.421. The highest BCUT2D eigenvalue weighted by Gasteiger charge is 2.28. The molecule has 2 aliphatic rings. The zero-order valence-electron chi connectivity index (χ0n) is 15.0. The van der Waals surface area contributed by atoms with E-state index in [1.165, 1.54) is 24.0 Å². The number of aromatic nitrogens is 4. The standard InChI is InChI=1S/C19H22N6.2ClH/c1-2-5-15-11-17(10-14(15)4-1)24-6-3-7-25(9-8-24)19-20-12-16-13-21-23-18(16)22-19;;/h1-2,4-5,12-13,17H,3,6-11H2,(H,20,21,22,23);2*1H. The lowest BCUT2D eigenvalue weighted by molar-refractivity contribution is 0.216. The molecule has 27 heavy (non-hydrogen) atoms. The number of hydrogen-bond acceptors (Lipinski definition) is 5. The van der Waals surface area contributed by atoms with E-state index in [9.17, 15) is 0 Å². The second kappa shape index (κ2) is 8.42. The molecule has 0 atom stereocenters. The van der Waals surface area contributed by atoms with Gasteiger partial charge in [-0.25, -0.2) is 4.98 Å². The molecule has 0 radical (unpaired) electrons. The average Bonchev–Trinajstić information content (AvgIpc) is 3.21. The molecule has 3 aromatic rings. The molecule has 2 aromatic heterocycles. The molecule has 3 heterocycles. The molecule has 1 aliphatic heterocycles. The number of anilines is 1. The number of nitrogens with one attached hydrogen (secondary N) is 1. The van der Waals surface area contributed by atoms with Gasteiger partial charge in [-0.3, -0.25) is 10.00 Å². The van der Waals surface area contributed by atoms with Gasteiger partial charge in [-0.1, -0.05) is 24.3 Å². The van der Waals surface area contributed by atoms with E-state index in [-0.39, 0.29) is 24.8 Å². The van der Waals surface area contributed by atoms with E-state index in [4.69, 9.17) is 0 Å². The Labute approximate surface area is 171 Å². The lowest BCUT2D eigenvalue weighted by atomic mass is 10.1. The smallest absolute Gasteiger partial charge is 0.227 e. The second-order valence-corrected chi connectivity index (χ2v) is 7.05. The predicted octanol–water partition coefficient (Wildman–Crippen LogP) is 2.88. The maximum atomic E-state index is 4.63.